The topological polar surface area (TPSA) is 78.0 Å². The van der Waals surface area contributed by atoms with Gasteiger partial charge in [-0.3, -0.25) is 5.41 Å². The molecular formula is C15H21N5O. The first-order chi connectivity index (χ1) is 10.2. The summed E-state index contributed by atoms with van der Waals surface area (Å²) in [5.74, 6) is 0.538. The predicted octanol–water partition coefficient (Wildman–Crippen LogP) is 1.49. The first-order valence-electron chi connectivity index (χ1n) is 7.10. The fraction of sp³-hybridized carbons (Fsp3) is 0.400. The number of benzene rings is 1. The Bertz CT molecular complexity index is 604. The van der Waals surface area contributed by atoms with Crippen LogP contribution in [-0.2, 0) is 13.2 Å². The van der Waals surface area contributed by atoms with Gasteiger partial charge >= 0.3 is 0 Å². The SMILES string of the molecule is CCN(CC)C(=N)c1cccc(Cn2cc(CO)nn2)c1. The average Bonchev–Trinajstić information content (AvgIpc) is 2.96. The van der Waals surface area contributed by atoms with Crippen molar-refractivity contribution in [2.75, 3.05) is 13.1 Å². The van der Waals surface area contributed by atoms with Gasteiger partial charge in [-0.2, -0.15) is 0 Å². The van der Waals surface area contributed by atoms with Crippen molar-refractivity contribution in [3.63, 3.8) is 0 Å². The number of aromatic nitrogens is 3. The molecule has 21 heavy (non-hydrogen) atoms. The summed E-state index contributed by atoms with van der Waals surface area (Å²) in [6.45, 7) is 6.21. The molecule has 0 aliphatic heterocycles. The zero-order chi connectivity index (χ0) is 15.2. The number of rotatable bonds is 6. The molecule has 2 aromatic rings. The molecule has 6 nitrogen and oxygen atoms in total. The van der Waals surface area contributed by atoms with Crippen molar-refractivity contribution in [1.29, 1.82) is 5.41 Å². The third-order valence-corrected chi connectivity index (χ3v) is 3.37. The van der Waals surface area contributed by atoms with Crippen LogP contribution in [0.25, 0.3) is 0 Å². The second-order valence-electron chi connectivity index (χ2n) is 4.79. The van der Waals surface area contributed by atoms with Crippen molar-refractivity contribution < 1.29 is 5.11 Å². The van der Waals surface area contributed by atoms with Gasteiger partial charge in [-0.05, 0) is 25.5 Å². The lowest BCUT2D eigenvalue weighted by Crippen LogP contribution is -2.30. The predicted molar refractivity (Wildman–Crippen MR) is 81.2 cm³/mol. The summed E-state index contributed by atoms with van der Waals surface area (Å²) in [5, 5.41) is 25.1. The minimum atomic E-state index is -0.105. The van der Waals surface area contributed by atoms with Gasteiger partial charge in [0.25, 0.3) is 0 Å². The Hall–Kier alpha value is -2.21. The minimum absolute atomic E-state index is 0.105. The Morgan fingerprint density at radius 2 is 2.10 bits per heavy atom. The number of amidine groups is 1. The molecule has 0 radical (unpaired) electrons. The van der Waals surface area contributed by atoms with E-state index in [-0.39, 0.29) is 6.61 Å². The van der Waals surface area contributed by atoms with Gasteiger partial charge in [-0.15, -0.1) is 5.10 Å². The van der Waals surface area contributed by atoms with E-state index in [2.05, 4.69) is 10.3 Å². The summed E-state index contributed by atoms with van der Waals surface area (Å²) in [4.78, 5) is 2.01. The van der Waals surface area contributed by atoms with Crippen LogP contribution in [0.15, 0.2) is 30.5 Å². The van der Waals surface area contributed by atoms with Gasteiger partial charge in [0, 0.05) is 18.7 Å². The zero-order valence-electron chi connectivity index (χ0n) is 12.5. The summed E-state index contributed by atoms with van der Waals surface area (Å²) >= 11 is 0. The lowest BCUT2D eigenvalue weighted by atomic mass is 10.1. The van der Waals surface area contributed by atoms with Gasteiger partial charge in [0.05, 0.1) is 19.3 Å². The smallest absolute Gasteiger partial charge is 0.128 e. The standard InChI is InChI=1S/C15H21N5O/c1-3-19(4-2)15(16)13-7-5-6-12(8-13)9-20-10-14(11-21)17-18-20/h5-8,10,16,21H,3-4,9,11H2,1-2H3. The lowest BCUT2D eigenvalue weighted by molar-refractivity contribution is 0.276. The molecule has 1 heterocycles. The molecule has 6 heteroatoms. The van der Waals surface area contributed by atoms with Crippen LogP contribution in [0.5, 0.6) is 0 Å². The largest absolute Gasteiger partial charge is 0.390 e. The number of nitrogens with one attached hydrogen (secondary N) is 1. The second-order valence-corrected chi connectivity index (χ2v) is 4.79. The van der Waals surface area contributed by atoms with Gasteiger partial charge in [0.2, 0.25) is 0 Å². The molecule has 1 aromatic heterocycles. The number of hydrogen-bond donors (Lipinski definition) is 2. The molecule has 0 fully saturated rings. The molecule has 0 unspecified atom stereocenters. The Morgan fingerprint density at radius 3 is 2.71 bits per heavy atom. The fourth-order valence-corrected chi connectivity index (χ4v) is 2.21. The van der Waals surface area contributed by atoms with E-state index in [9.17, 15) is 0 Å². The maximum atomic E-state index is 9.00. The Balaban J connectivity index is 2.15. The minimum Gasteiger partial charge on any atom is -0.390 e. The molecule has 1 aromatic carbocycles. The monoisotopic (exact) mass is 287 g/mol. The molecule has 0 saturated carbocycles. The molecule has 0 atom stereocenters. The summed E-state index contributed by atoms with van der Waals surface area (Å²) in [6.07, 6.45) is 1.72. The van der Waals surface area contributed by atoms with Crippen molar-refractivity contribution in [2.45, 2.75) is 27.0 Å². The highest BCUT2D eigenvalue weighted by Crippen LogP contribution is 2.10. The molecule has 2 N–H and O–H groups in total. The number of aliphatic hydroxyl groups excluding tert-OH is 1. The third-order valence-electron chi connectivity index (χ3n) is 3.37. The molecular weight excluding hydrogens is 266 g/mol. The highest BCUT2D eigenvalue weighted by atomic mass is 16.3. The van der Waals surface area contributed by atoms with Crippen LogP contribution >= 0.6 is 0 Å². The van der Waals surface area contributed by atoms with Crippen molar-refractivity contribution in [3.8, 4) is 0 Å². The summed E-state index contributed by atoms with van der Waals surface area (Å²) in [7, 11) is 0. The van der Waals surface area contributed by atoms with Crippen molar-refractivity contribution >= 4 is 5.84 Å². The van der Waals surface area contributed by atoms with Crippen LogP contribution < -0.4 is 0 Å². The number of hydrogen-bond acceptors (Lipinski definition) is 4. The van der Waals surface area contributed by atoms with Crippen molar-refractivity contribution in [2.24, 2.45) is 0 Å². The summed E-state index contributed by atoms with van der Waals surface area (Å²) in [6, 6.07) is 7.90. The van der Waals surface area contributed by atoms with Crippen LogP contribution in [0, 0.1) is 5.41 Å². The molecule has 0 bridgehead atoms. The first-order valence-corrected chi connectivity index (χ1v) is 7.10. The van der Waals surface area contributed by atoms with E-state index in [0.717, 1.165) is 24.2 Å². The van der Waals surface area contributed by atoms with E-state index < -0.39 is 0 Å². The van der Waals surface area contributed by atoms with Crippen LogP contribution in [0.3, 0.4) is 0 Å². The van der Waals surface area contributed by atoms with Crippen molar-refractivity contribution in [1.82, 2.24) is 19.9 Å². The molecule has 0 aliphatic rings. The van der Waals surface area contributed by atoms with Gasteiger partial charge in [-0.1, -0.05) is 23.4 Å². The first kappa shape index (κ1) is 15.2. The van der Waals surface area contributed by atoms with Gasteiger partial charge in [0.15, 0.2) is 0 Å². The van der Waals surface area contributed by atoms with Gasteiger partial charge < -0.3 is 10.0 Å². The van der Waals surface area contributed by atoms with Crippen LogP contribution in [0.1, 0.15) is 30.7 Å². The summed E-state index contributed by atoms with van der Waals surface area (Å²) < 4.78 is 1.69. The van der Waals surface area contributed by atoms with E-state index in [4.69, 9.17) is 10.5 Å². The fourth-order valence-electron chi connectivity index (χ4n) is 2.21. The van der Waals surface area contributed by atoms with Gasteiger partial charge in [-0.25, -0.2) is 4.68 Å². The molecule has 0 spiro atoms. The summed E-state index contributed by atoms with van der Waals surface area (Å²) in [5.41, 5.74) is 2.51. The quantitative estimate of drug-likeness (QED) is 0.623. The second kappa shape index (κ2) is 6.99. The molecule has 112 valence electrons. The molecule has 2 rings (SSSR count). The van der Waals surface area contributed by atoms with Crippen LogP contribution in [0.4, 0.5) is 0 Å². The third kappa shape index (κ3) is 3.66. The van der Waals surface area contributed by atoms with Gasteiger partial charge in [0.1, 0.15) is 11.5 Å². The van der Waals surface area contributed by atoms with Crippen LogP contribution in [0.2, 0.25) is 0 Å². The maximum absolute atomic E-state index is 9.00. The van der Waals surface area contributed by atoms with Crippen molar-refractivity contribution in [3.05, 3.63) is 47.3 Å². The normalized spacial score (nSPS) is 10.6. The zero-order valence-corrected chi connectivity index (χ0v) is 12.5. The highest BCUT2D eigenvalue weighted by molar-refractivity contribution is 5.96. The van der Waals surface area contributed by atoms with E-state index >= 15 is 0 Å². The Labute approximate surface area is 124 Å². The number of nitrogens with zero attached hydrogens (tertiary/aromatic N) is 4. The molecule has 0 saturated heterocycles. The van der Waals surface area contributed by atoms with E-state index in [1.807, 2.05) is 43.0 Å². The van der Waals surface area contributed by atoms with Crippen LogP contribution in [-0.4, -0.2) is 43.9 Å². The number of aliphatic hydroxyl groups is 1. The van der Waals surface area contributed by atoms with E-state index in [1.165, 1.54) is 0 Å². The average molecular weight is 287 g/mol. The van der Waals surface area contributed by atoms with E-state index in [1.54, 1.807) is 10.9 Å². The van der Waals surface area contributed by atoms with E-state index in [0.29, 0.717) is 18.1 Å². The molecule has 0 aliphatic carbocycles. The molecule has 0 amide bonds. The Kier molecular flexibility index (Phi) is 5.05. The maximum Gasteiger partial charge on any atom is 0.128 e. The Morgan fingerprint density at radius 1 is 1.33 bits per heavy atom. The lowest BCUT2D eigenvalue weighted by Gasteiger charge is -2.22. The highest BCUT2D eigenvalue weighted by Gasteiger charge is 2.09.